The third-order valence-electron chi connectivity index (χ3n) is 1.35. The molecule has 0 aliphatic carbocycles. The van der Waals surface area contributed by atoms with Crippen LogP contribution in [0.1, 0.15) is 0 Å². The summed E-state index contributed by atoms with van der Waals surface area (Å²) in [7, 11) is -5.62. The quantitative estimate of drug-likeness (QED) is 0.269. The average Bonchev–Trinajstić information content (AvgIpc) is 2.11. The van der Waals surface area contributed by atoms with E-state index in [-0.39, 0.29) is 48.9 Å². The van der Waals surface area contributed by atoms with Crippen LogP contribution < -0.4 is 9.79 Å². The van der Waals surface area contributed by atoms with Gasteiger partial charge in [-0.25, -0.2) is 4.79 Å². The van der Waals surface area contributed by atoms with Crippen LogP contribution in [0.3, 0.4) is 0 Å². The summed E-state index contributed by atoms with van der Waals surface area (Å²) in [6, 6.07) is 0. The second kappa shape index (κ2) is 8.19. The Bertz CT molecular complexity index is 265. The van der Waals surface area contributed by atoms with Crippen molar-refractivity contribution in [2.45, 2.75) is 18.3 Å². The third kappa shape index (κ3) is 7.38. The van der Waals surface area contributed by atoms with Crippen molar-refractivity contribution in [1.29, 1.82) is 0 Å². The van der Waals surface area contributed by atoms with Gasteiger partial charge in [-0.05, 0) is 0 Å². The van der Waals surface area contributed by atoms with Gasteiger partial charge in [0.2, 0.25) is 0 Å². The Morgan fingerprint density at radius 3 is 2.06 bits per heavy atom. The molecule has 0 radical (unpaired) electrons. The summed E-state index contributed by atoms with van der Waals surface area (Å²) in [5, 5.41) is 34.8. The number of hydrogen-bond acceptors (Lipinski definition) is 9. The van der Waals surface area contributed by atoms with Gasteiger partial charge in [-0.3, -0.25) is 0 Å². The zero-order valence-corrected chi connectivity index (χ0v) is 13.3. The van der Waals surface area contributed by atoms with E-state index in [1.165, 1.54) is 0 Å². The van der Waals surface area contributed by atoms with Gasteiger partial charge < -0.3 is 39.3 Å². The zero-order valence-electron chi connectivity index (χ0n) is 7.92. The summed E-state index contributed by atoms with van der Waals surface area (Å²) >= 11 is 0. The first kappa shape index (κ1) is 19.4. The molecule has 16 heavy (non-hydrogen) atoms. The Labute approximate surface area is 130 Å². The van der Waals surface area contributed by atoms with Gasteiger partial charge in [0.25, 0.3) is 0 Å². The summed E-state index contributed by atoms with van der Waals surface area (Å²) in [6.07, 6.45) is -6.47. The molecule has 0 aliphatic heterocycles. The summed E-state index contributed by atoms with van der Waals surface area (Å²) in [6.45, 7) is -0.974. The molecule has 0 saturated heterocycles. The summed E-state index contributed by atoms with van der Waals surface area (Å²) < 4.78 is 13.2. The number of aliphatic hydroxyl groups is 4. The van der Waals surface area contributed by atoms with Gasteiger partial charge in [-0.2, -0.15) is 0 Å². The van der Waals surface area contributed by atoms with Crippen LogP contribution in [0, 0.1) is 0 Å². The van der Waals surface area contributed by atoms with E-state index in [1.54, 1.807) is 0 Å². The Hall–Kier alpha value is 1.03. The first-order valence-corrected chi connectivity index (χ1v) is 5.05. The predicted molar refractivity (Wildman–Crippen MR) is 44.6 cm³/mol. The minimum atomic E-state index is -5.62. The van der Waals surface area contributed by atoms with Crippen LogP contribution >= 0.6 is 7.82 Å². The van der Waals surface area contributed by atoms with Crippen LogP contribution in [-0.4, -0.2) is 100 Å². The maximum atomic E-state index is 10.6. The number of rotatable bonds is 5. The van der Waals surface area contributed by atoms with Crippen LogP contribution in [0.15, 0.2) is 0 Å². The minimum absolute atomic E-state index is 0. The van der Waals surface area contributed by atoms with Gasteiger partial charge in [0.05, 0.1) is 6.61 Å². The van der Waals surface area contributed by atoms with Crippen LogP contribution in [0.25, 0.3) is 0 Å². The molecule has 0 aromatic rings. The van der Waals surface area contributed by atoms with E-state index in [2.05, 4.69) is 4.52 Å². The van der Waals surface area contributed by atoms with Gasteiger partial charge in [0.15, 0.2) is 6.10 Å². The Kier molecular flexibility index (Phi) is 9.92. The molecule has 11 heteroatoms. The van der Waals surface area contributed by atoms with Gasteiger partial charge in [0, 0.05) is 0 Å². The number of carbonyl (C=O) groups excluding carboxylic acids is 1. The van der Waals surface area contributed by atoms with Crippen molar-refractivity contribution in [2.24, 2.45) is 0 Å². The monoisotopic (exact) mass is 382 g/mol. The zero-order chi connectivity index (χ0) is 12.2. The molecule has 0 aromatic heterocycles. The summed E-state index contributed by atoms with van der Waals surface area (Å²) in [5.41, 5.74) is 0. The molecule has 3 atom stereocenters. The molecule has 0 rings (SSSR count). The molecule has 0 unspecified atom stereocenters. The van der Waals surface area contributed by atoms with E-state index in [9.17, 15) is 19.1 Å². The smallest absolute Gasteiger partial charge is 0.780 e. The first-order chi connectivity index (χ1) is 6.69. The average molecular weight is 381 g/mol. The molecule has 90 valence electrons. The Morgan fingerprint density at radius 1 is 1.31 bits per heavy atom. The maximum Gasteiger partial charge on any atom is 2.00 e. The SMILES string of the molecule is O=C(OP(=O)([O-])[O-])[C@H](O)[C@H](O)[C@H](O)CO.[Ba+2]. The van der Waals surface area contributed by atoms with Gasteiger partial charge in [-0.15, -0.1) is 0 Å². The van der Waals surface area contributed by atoms with Crippen LogP contribution in [0.2, 0.25) is 0 Å². The minimum Gasteiger partial charge on any atom is -0.780 e. The van der Waals surface area contributed by atoms with Crippen molar-refractivity contribution in [3.8, 4) is 0 Å². The number of aliphatic hydroxyl groups excluding tert-OH is 4. The second-order valence-electron chi connectivity index (χ2n) is 2.54. The summed E-state index contributed by atoms with van der Waals surface area (Å²) in [4.78, 5) is 30.5. The van der Waals surface area contributed by atoms with Gasteiger partial charge in [-0.1, -0.05) is 0 Å². The molecule has 0 heterocycles. The van der Waals surface area contributed by atoms with Crippen molar-refractivity contribution >= 4 is 62.7 Å². The van der Waals surface area contributed by atoms with Crippen LogP contribution in [0.4, 0.5) is 0 Å². The van der Waals surface area contributed by atoms with Crippen molar-refractivity contribution < 1.29 is 44.1 Å². The number of carbonyl (C=O) groups is 1. The molecular formula is C5H9BaO9P. The molecule has 0 bridgehead atoms. The van der Waals surface area contributed by atoms with Gasteiger partial charge in [0.1, 0.15) is 20.0 Å². The Balaban J connectivity index is 0. The normalized spacial score (nSPS) is 16.9. The third-order valence-corrected chi connectivity index (χ3v) is 1.75. The van der Waals surface area contributed by atoms with E-state index in [4.69, 9.17) is 20.4 Å². The predicted octanol–water partition coefficient (Wildman–Crippen LogP) is -4.95. The largest absolute Gasteiger partial charge is 2.00 e. The van der Waals surface area contributed by atoms with E-state index in [0.717, 1.165) is 0 Å². The van der Waals surface area contributed by atoms with E-state index >= 15 is 0 Å². The molecule has 0 fully saturated rings. The standard InChI is InChI=1S/C5H11O9P.Ba/c6-1-2(7)3(8)4(9)5(10)14-15(11,12)13;/h2-4,6-9H,1H2,(H2,11,12,13);/q;+2/p-2/t2-,3-,4-;/m1./s1. The van der Waals surface area contributed by atoms with E-state index in [0.29, 0.717) is 0 Å². The van der Waals surface area contributed by atoms with Crippen LogP contribution in [0.5, 0.6) is 0 Å². The Morgan fingerprint density at radius 2 is 1.75 bits per heavy atom. The molecule has 0 aromatic carbocycles. The van der Waals surface area contributed by atoms with Crippen LogP contribution in [-0.2, 0) is 13.9 Å². The van der Waals surface area contributed by atoms with Gasteiger partial charge >= 0.3 is 54.9 Å². The van der Waals surface area contributed by atoms with Crippen molar-refractivity contribution in [1.82, 2.24) is 0 Å². The van der Waals surface area contributed by atoms with E-state index in [1.807, 2.05) is 0 Å². The van der Waals surface area contributed by atoms with E-state index < -0.39 is 38.7 Å². The fourth-order valence-corrected chi connectivity index (χ4v) is 0.950. The van der Waals surface area contributed by atoms with Crippen molar-refractivity contribution in [2.75, 3.05) is 6.61 Å². The fourth-order valence-electron chi connectivity index (χ4n) is 0.622. The molecular weight excluding hydrogens is 372 g/mol. The van der Waals surface area contributed by atoms with Crippen molar-refractivity contribution in [3.63, 3.8) is 0 Å². The topological polar surface area (TPSA) is 170 Å². The first-order valence-electron chi connectivity index (χ1n) is 3.59. The molecule has 0 aliphatic rings. The molecule has 9 nitrogen and oxygen atoms in total. The fraction of sp³-hybridized carbons (Fsp3) is 0.800. The summed E-state index contributed by atoms with van der Waals surface area (Å²) in [5.74, 6) is -1.93. The number of hydrogen-bond donors (Lipinski definition) is 4. The molecule has 0 amide bonds. The number of phosphoric acid groups is 1. The molecule has 0 spiro atoms. The van der Waals surface area contributed by atoms with Crippen molar-refractivity contribution in [3.05, 3.63) is 0 Å². The second-order valence-corrected chi connectivity index (χ2v) is 3.62. The molecule has 4 N–H and O–H groups in total. The maximum absolute atomic E-state index is 10.6. The molecule has 0 saturated carbocycles. The number of phosphoric ester groups is 1.